The van der Waals surface area contributed by atoms with Gasteiger partial charge in [0.25, 0.3) is 0 Å². The predicted octanol–water partition coefficient (Wildman–Crippen LogP) is 1.37. The third kappa shape index (κ3) is 1.90. The maximum atomic E-state index is 5.49. The molecule has 0 aliphatic heterocycles. The molecule has 0 aliphatic rings. The van der Waals surface area contributed by atoms with Gasteiger partial charge >= 0.3 is 0 Å². The van der Waals surface area contributed by atoms with Crippen LogP contribution in [0.5, 0.6) is 0 Å². The Hall–Kier alpha value is -1.71. The Morgan fingerprint density at radius 1 is 1.46 bits per heavy atom. The number of anilines is 1. The number of nitrogens with two attached hydrogens (primary N) is 1. The molecule has 0 fully saturated rings. The molecule has 4 heteroatoms. The van der Waals surface area contributed by atoms with Gasteiger partial charge in [0.2, 0.25) is 0 Å². The molecule has 13 heavy (non-hydrogen) atoms. The minimum absolute atomic E-state index is 0.606. The van der Waals surface area contributed by atoms with E-state index in [4.69, 9.17) is 10.2 Å². The van der Waals surface area contributed by atoms with Crippen molar-refractivity contribution < 1.29 is 4.42 Å². The molecule has 0 saturated heterocycles. The first-order valence-corrected chi connectivity index (χ1v) is 4.17. The molecule has 2 aromatic rings. The van der Waals surface area contributed by atoms with Gasteiger partial charge in [-0.2, -0.15) is 5.10 Å². The van der Waals surface area contributed by atoms with E-state index in [0.29, 0.717) is 5.82 Å². The fourth-order valence-electron chi connectivity index (χ4n) is 1.21. The average Bonchev–Trinajstić information content (AvgIpc) is 2.71. The van der Waals surface area contributed by atoms with Crippen molar-refractivity contribution in [3.8, 4) is 0 Å². The first-order valence-electron chi connectivity index (χ1n) is 4.17. The van der Waals surface area contributed by atoms with Crippen LogP contribution in [0.2, 0.25) is 0 Å². The van der Waals surface area contributed by atoms with Crippen LogP contribution >= 0.6 is 0 Å². The number of furan rings is 1. The van der Waals surface area contributed by atoms with Crippen molar-refractivity contribution in [1.82, 2.24) is 10.2 Å². The van der Waals surface area contributed by atoms with E-state index in [-0.39, 0.29) is 0 Å². The van der Waals surface area contributed by atoms with Crippen LogP contribution in [0.1, 0.15) is 11.5 Å². The second-order valence-electron chi connectivity index (χ2n) is 2.89. The highest BCUT2D eigenvalue weighted by Gasteiger charge is 2.00. The number of H-pyrrole nitrogens is 1. The summed E-state index contributed by atoms with van der Waals surface area (Å²) in [5, 5.41) is 6.72. The lowest BCUT2D eigenvalue weighted by atomic mass is 10.2. The summed E-state index contributed by atoms with van der Waals surface area (Å²) in [6.45, 7) is 0. The number of hydrogen-bond acceptors (Lipinski definition) is 3. The van der Waals surface area contributed by atoms with E-state index in [1.807, 2.05) is 18.2 Å². The number of aryl methyl sites for hydroxylation is 2. The van der Waals surface area contributed by atoms with Crippen LogP contribution in [0.3, 0.4) is 0 Å². The maximum Gasteiger partial charge on any atom is 0.119 e. The Labute approximate surface area is 75.7 Å². The van der Waals surface area contributed by atoms with Crippen LogP contribution < -0.4 is 5.73 Å². The number of rotatable bonds is 3. The predicted molar refractivity (Wildman–Crippen MR) is 49.1 cm³/mol. The van der Waals surface area contributed by atoms with Crippen molar-refractivity contribution in [2.45, 2.75) is 12.8 Å². The smallest absolute Gasteiger partial charge is 0.119 e. The van der Waals surface area contributed by atoms with Gasteiger partial charge in [-0.15, -0.1) is 0 Å². The monoisotopic (exact) mass is 177 g/mol. The number of nitrogen functional groups attached to an aromatic ring is 1. The molecule has 3 N–H and O–H groups in total. The summed E-state index contributed by atoms with van der Waals surface area (Å²) in [4.78, 5) is 0. The molecule has 0 radical (unpaired) electrons. The zero-order valence-electron chi connectivity index (χ0n) is 7.16. The number of aromatic amines is 1. The highest BCUT2D eigenvalue weighted by molar-refractivity contribution is 5.28. The fraction of sp³-hybridized carbons (Fsp3) is 0.222. The van der Waals surface area contributed by atoms with E-state index < -0.39 is 0 Å². The van der Waals surface area contributed by atoms with Crippen LogP contribution in [-0.2, 0) is 12.8 Å². The van der Waals surface area contributed by atoms with E-state index in [2.05, 4.69) is 10.2 Å². The molecule has 0 aliphatic carbocycles. The molecule has 0 atom stereocenters. The molecule has 0 bridgehead atoms. The van der Waals surface area contributed by atoms with Crippen molar-refractivity contribution in [2.75, 3.05) is 5.73 Å². The van der Waals surface area contributed by atoms with E-state index in [9.17, 15) is 0 Å². The van der Waals surface area contributed by atoms with Crippen molar-refractivity contribution in [1.29, 1.82) is 0 Å². The molecule has 0 saturated carbocycles. The van der Waals surface area contributed by atoms with Crippen LogP contribution in [0.15, 0.2) is 28.9 Å². The summed E-state index contributed by atoms with van der Waals surface area (Å²) in [6.07, 6.45) is 3.38. The summed E-state index contributed by atoms with van der Waals surface area (Å²) in [5.41, 5.74) is 6.45. The van der Waals surface area contributed by atoms with Crippen LogP contribution in [0.4, 0.5) is 5.82 Å². The number of aromatic nitrogens is 2. The van der Waals surface area contributed by atoms with Crippen molar-refractivity contribution >= 4 is 5.82 Å². The zero-order chi connectivity index (χ0) is 9.10. The average molecular weight is 177 g/mol. The first-order chi connectivity index (χ1) is 6.34. The molecule has 0 unspecified atom stereocenters. The molecular weight excluding hydrogens is 166 g/mol. The Morgan fingerprint density at radius 3 is 3.00 bits per heavy atom. The minimum Gasteiger partial charge on any atom is -0.469 e. The molecule has 0 amide bonds. The van der Waals surface area contributed by atoms with Gasteiger partial charge in [0.15, 0.2) is 0 Å². The Balaban J connectivity index is 1.93. The quantitative estimate of drug-likeness (QED) is 0.744. The zero-order valence-corrected chi connectivity index (χ0v) is 7.16. The highest BCUT2D eigenvalue weighted by atomic mass is 16.3. The highest BCUT2D eigenvalue weighted by Crippen LogP contribution is 2.07. The van der Waals surface area contributed by atoms with Crippen LogP contribution in [0.25, 0.3) is 0 Å². The summed E-state index contributed by atoms with van der Waals surface area (Å²) in [5.74, 6) is 1.58. The van der Waals surface area contributed by atoms with Crippen molar-refractivity contribution in [3.05, 3.63) is 35.9 Å². The molecule has 4 nitrogen and oxygen atoms in total. The van der Waals surface area contributed by atoms with Gasteiger partial charge in [0.1, 0.15) is 11.6 Å². The molecule has 2 rings (SSSR count). The minimum atomic E-state index is 0.606. The lowest BCUT2D eigenvalue weighted by molar-refractivity contribution is 0.507. The van der Waals surface area contributed by atoms with E-state index >= 15 is 0 Å². The van der Waals surface area contributed by atoms with Crippen molar-refractivity contribution in [3.63, 3.8) is 0 Å². The normalized spacial score (nSPS) is 10.5. The third-order valence-corrected chi connectivity index (χ3v) is 1.86. The molecule has 0 aromatic carbocycles. The van der Waals surface area contributed by atoms with E-state index in [1.165, 1.54) is 0 Å². The third-order valence-electron chi connectivity index (χ3n) is 1.86. The largest absolute Gasteiger partial charge is 0.469 e. The first kappa shape index (κ1) is 7.91. The fourth-order valence-corrected chi connectivity index (χ4v) is 1.21. The number of nitrogens with zero attached hydrogens (tertiary/aromatic N) is 1. The van der Waals surface area contributed by atoms with Gasteiger partial charge in [-0.1, -0.05) is 0 Å². The van der Waals surface area contributed by atoms with Crippen LogP contribution in [-0.4, -0.2) is 10.2 Å². The summed E-state index contributed by atoms with van der Waals surface area (Å²) >= 11 is 0. The van der Waals surface area contributed by atoms with Crippen LogP contribution in [0, 0.1) is 0 Å². The SMILES string of the molecule is Nc1cc(CCc2ccco2)n[nH]1. The van der Waals surface area contributed by atoms with E-state index in [1.54, 1.807) is 6.26 Å². The lowest BCUT2D eigenvalue weighted by Gasteiger charge is -1.92. The van der Waals surface area contributed by atoms with Gasteiger partial charge in [-0.25, -0.2) is 0 Å². The molecule has 68 valence electrons. The topological polar surface area (TPSA) is 67.8 Å². The van der Waals surface area contributed by atoms with Crippen molar-refractivity contribution in [2.24, 2.45) is 0 Å². The summed E-state index contributed by atoms with van der Waals surface area (Å²) < 4.78 is 5.19. The lowest BCUT2D eigenvalue weighted by Crippen LogP contribution is -1.89. The molecule has 0 spiro atoms. The Bertz CT molecular complexity index is 364. The van der Waals surface area contributed by atoms with Gasteiger partial charge in [-0.05, 0) is 18.6 Å². The molecular formula is C9H11N3O. The van der Waals surface area contributed by atoms with Gasteiger partial charge < -0.3 is 10.2 Å². The van der Waals surface area contributed by atoms with Gasteiger partial charge in [-0.3, -0.25) is 5.10 Å². The second kappa shape index (κ2) is 3.35. The number of nitrogens with one attached hydrogen (secondary N) is 1. The Kier molecular flexibility index (Phi) is 2.04. The Morgan fingerprint density at radius 2 is 2.38 bits per heavy atom. The van der Waals surface area contributed by atoms with Gasteiger partial charge in [0.05, 0.1) is 12.0 Å². The summed E-state index contributed by atoms with van der Waals surface area (Å²) in [6, 6.07) is 5.67. The molecule has 2 heterocycles. The molecule has 2 aromatic heterocycles. The summed E-state index contributed by atoms with van der Waals surface area (Å²) in [7, 11) is 0. The standard InChI is InChI=1S/C9H11N3O/c10-9-6-7(11-12-9)3-4-8-2-1-5-13-8/h1-2,5-6H,3-4H2,(H3,10,11,12). The maximum absolute atomic E-state index is 5.49. The van der Waals surface area contributed by atoms with E-state index in [0.717, 1.165) is 24.3 Å². The second-order valence-corrected chi connectivity index (χ2v) is 2.89. The van der Waals surface area contributed by atoms with Gasteiger partial charge in [0, 0.05) is 12.5 Å². The number of hydrogen-bond donors (Lipinski definition) is 2.